The maximum atomic E-state index is 9.97. The van der Waals surface area contributed by atoms with Gasteiger partial charge < -0.3 is 20.9 Å². The molecular weight excluding hydrogens is 152 g/mol. The lowest BCUT2D eigenvalue weighted by Gasteiger charge is -1.94. The summed E-state index contributed by atoms with van der Waals surface area (Å²) < 4.78 is 8.46. The van der Waals surface area contributed by atoms with Gasteiger partial charge in [0, 0.05) is 0 Å². The Balaban J connectivity index is 0. The molecule has 0 aromatic heterocycles. The molecule has 0 unspecified atom stereocenters. The Kier molecular flexibility index (Phi) is 9.50. The summed E-state index contributed by atoms with van der Waals surface area (Å²) in [5, 5.41) is 0. The number of methoxy groups -OCH3 is 1. The lowest BCUT2D eigenvalue weighted by Crippen LogP contribution is -2.18. The third-order valence-electron chi connectivity index (χ3n) is 0.429. The summed E-state index contributed by atoms with van der Waals surface area (Å²) in [6.07, 6.45) is -0.623. The number of hydrogen-bond donors (Lipinski definition) is 2. The molecule has 11 heavy (non-hydrogen) atoms. The van der Waals surface area contributed by atoms with Gasteiger partial charge in [-0.15, -0.1) is 0 Å². The molecule has 6 nitrogen and oxygen atoms in total. The van der Waals surface area contributed by atoms with Gasteiger partial charge in [-0.25, -0.2) is 9.59 Å². The van der Waals surface area contributed by atoms with Crippen LogP contribution >= 0.6 is 0 Å². The zero-order valence-corrected chi connectivity index (χ0v) is 6.49. The van der Waals surface area contributed by atoms with Crippen molar-refractivity contribution in [1.82, 2.24) is 0 Å². The fraction of sp³-hybridized carbons (Fsp3) is 0.600. The average molecular weight is 164 g/mol. The van der Waals surface area contributed by atoms with Crippen LogP contribution in [0.2, 0.25) is 0 Å². The summed E-state index contributed by atoms with van der Waals surface area (Å²) in [6.45, 7) is 2.09. The van der Waals surface area contributed by atoms with Crippen molar-refractivity contribution in [3.05, 3.63) is 0 Å². The molecule has 0 saturated carbocycles. The molecule has 0 rings (SSSR count). The molecule has 6 heteroatoms. The molecule has 0 aliphatic carbocycles. The summed E-state index contributed by atoms with van der Waals surface area (Å²) in [7, 11) is 1.28. The van der Waals surface area contributed by atoms with Crippen LogP contribution in [0.4, 0.5) is 9.59 Å². The van der Waals surface area contributed by atoms with Crippen molar-refractivity contribution in [2.24, 2.45) is 11.5 Å². The lowest BCUT2D eigenvalue weighted by molar-refractivity contribution is 0.0771. The second-order valence-corrected chi connectivity index (χ2v) is 1.29. The zero-order valence-electron chi connectivity index (χ0n) is 6.49. The maximum Gasteiger partial charge on any atom is 0.507 e. The largest absolute Gasteiger partial charge is 0.507 e. The molecule has 0 atom stereocenters. The van der Waals surface area contributed by atoms with E-state index in [1.165, 1.54) is 7.11 Å². The Morgan fingerprint density at radius 3 is 1.82 bits per heavy atom. The van der Waals surface area contributed by atoms with Gasteiger partial charge in [0.1, 0.15) is 0 Å². The van der Waals surface area contributed by atoms with Crippen molar-refractivity contribution in [3.8, 4) is 0 Å². The monoisotopic (exact) mass is 164 g/mol. The molecule has 0 spiro atoms. The van der Waals surface area contributed by atoms with Crippen molar-refractivity contribution >= 4 is 12.2 Å². The number of primary amides is 2. The molecule has 66 valence electrons. The van der Waals surface area contributed by atoms with Crippen LogP contribution in [0.1, 0.15) is 6.92 Å². The molecule has 0 fully saturated rings. The third kappa shape index (κ3) is 29.1. The van der Waals surface area contributed by atoms with Crippen LogP contribution in [0, 0.1) is 0 Å². The number of amides is 2. The predicted octanol–water partition coefficient (Wildman–Crippen LogP) is -0.187. The molecule has 0 radical (unpaired) electrons. The van der Waals surface area contributed by atoms with E-state index in [1.54, 1.807) is 6.92 Å². The summed E-state index contributed by atoms with van der Waals surface area (Å²) in [5.41, 5.74) is 8.50. The van der Waals surface area contributed by atoms with Gasteiger partial charge in [0.05, 0.1) is 13.7 Å². The van der Waals surface area contributed by atoms with Gasteiger partial charge in [-0.2, -0.15) is 0 Å². The number of hydrogen-bond acceptors (Lipinski definition) is 4. The van der Waals surface area contributed by atoms with Crippen LogP contribution in [-0.2, 0) is 9.47 Å². The number of carbonyl (C=O) groups is 2. The molecule has 0 bridgehead atoms. The van der Waals surface area contributed by atoms with Gasteiger partial charge in [-0.05, 0) is 6.92 Å². The van der Waals surface area contributed by atoms with Crippen LogP contribution < -0.4 is 11.5 Å². The fourth-order valence-electron chi connectivity index (χ4n) is 0.177. The van der Waals surface area contributed by atoms with Crippen molar-refractivity contribution in [2.45, 2.75) is 6.92 Å². The number of urea groups is 1. The van der Waals surface area contributed by atoms with E-state index in [0.29, 0.717) is 6.61 Å². The van der Waals surface area contributed by atoms with E-state index < -0.39 is 12.2 Å². The lowest BCUT2D eigenvalue weighted by atomic mass is 10.9. The number of carbonyl (C=O) groups excluding carboxylic acids is 2. The van der Waals surface area contributed by atoms with E-state index in [-0.39, 0.29) is 0 Å². The molecular formula is C5H12N2O4. The van der Waals surface area contributed by atoms with E-state index in [4.69, 9.17) is 4.79 Å². The highest BCUT2D eigenvalue weighted by Gasteiger charge is 1.92. The number of ether oxygens (including phenoxy) is 2. The average Bonchev–Trinajstić information content (AvgIpc) is 1.87. The molecule has 0 saturated heterocycles. The summed E-state index contributed by atoms with van der Waals surface area (Å²) in [5.74, 6) is 0. The third-order valence-corrected chi connectivity index (χ3v) is 0.429. The first-order valence-electron chi connectivity index (χ1n) is 2.80. The minimum Gasteiger partial charge on any atom is -0.438 e. The minimum atomic E-state index is -0.833. The first kappa shape index (κ1) is 12.2. The van der Waals surface area contributed by atoms with E-state index in [1.807, 2.05) is 0 Å². The topological polar surface area (TPSA) is 105 Å². The predicted molar refractivity (Wildman–Crippen MR) is 37.8 cm³/mol. The summed E-state index contributed by atoms with van der Waals surface area (Å²) in [6, 6.07) is -0.833. The van der Waals surface area contributed by atoms with Crippen LogP contribution in [0.3, 0.4) is 0 Å². The summed E-state index contributed by atoms with van der Waals surface area (Å²) >= 11 is 0. The summed E-state index contributed by atoms with van der Waals surface area (Å²) in [4.78, 5) is 19.0. The van der Waals surface area contributed by atoms with E-state index in [9.17, 15) is 4.79 Å². The number of rotatable bonds is 1. The van der Waals surface area contributed by atoms with Crippen molar-refractivity contribution < 1.29 is 19.1 Å². The smallest absolute Gasteiger partial charge is 0.438 e. The van der Waals surface area contributed by atoms with Crippen molar-refractivity contribution in [2.75, 3.05) is 13.7 Å². The van der Waals surface area contributed by atoms with Crippen molar-refractivity contribution in [3.63, 3.8) is 0 Å². The Labute approximate surface area is 64.4 Å². The SMILES string of the molecule is CCOC(=O)OC.NC(N)=O. The first-order chi connectivity index (χ1) is 5.04. The van der Waals surface area contributed by atoms with Gasteiger partial charge in [0.2, 0.25) is 0 Å². The second-order valence-electron chi connectivity index (χ2n) is 1.29. The molecule has 0 aromatic rings. The molecule has 0 heterocycles. The van der Waals surface area contributed by atoms with Gasteiger partial charge in [-0.1, -0.05) is 0 Å². The molecule has 4 N–H and O–H groups in total. The van der Waals surface area contributed by atoms with E-state index in [2.05, 4.69) is 20.9 Å². The molecule has 0 aromatic carbocycles. The van der Waals surface area contributed by atoms with Crippen LogP contribution in [-0.4, -0.2) is 25.9 Å². The minimum absolute atomic E-state index is 0.368. The van der Waals surface area contributed by atoms with Gasteiger partial charge in [-0.3, -0.25) is 0 Å². The van der Waals surface area contributed by atoms with Crippen molar-refractivity contribution in [1.29, 1.82) is 0 Å². The standard InChI is InChI=1S/C4H8O3.CH4N2O/c1-3-7-4(5)6-2;2-1(3)4/h3H2,1-2H3;(H4,2,3,4). The number of nitrogens with two attached hydrogens (primary N) is 2. The van der Waals surface area contributed by atoms with Crippen LogP contribution in [0.25, 0.3) is 0 Å². The molecule has 0 aliphatic rings. The van der Waals surface area contributed by atoms with E-state index >= 15 is 0 Å². The fourth-order valence-corrected chi connectivity index (χ4v) is 0.177. The van der Waals surface area contributed by atoms with Gasteiger partial charge in [0.25, 0.3) is 0 Å². The Morgan fingerprint density at radius 2 is 1.73 bits per heavy atom. The molecule has 2 amide bonds. The Hall–Kier alpha value is -1.46. The quantitative estimate of drug-likeness (QED) is 0.524. The van der Waals surface area contributed by atoms with Gasteiger partial charge >= 0.3 is 12.2 Å². The zero-order chi connectivity index (χ0) is 9.28. The van der Waals surface area contributed by atoms with Crippen LogP contribution in [0.15, 0.2) is 0 Å². The van der Waals surface area contributed by atoms with Crippen LogP contribution in [0.5, 0.6) is 0 Å². The Bertz CT molecular complexity index is 122. The highest BCUT2D eigenvalue weighted by Crippen LogP contribution is 1.77. The molecule has 0 aliphatic heterocycles. The van der Waals surface area contributed by atoms with Gasteiger partial charge in [0.15, 0.2) is 0 Å². The second kappa shape index (κ2) is 8.54. The first-order valence-corrected chi connectivity index (χ1v) is 2.80. The highest BCUT2D eigenvalue weighted by molar-refractivity contribution is 5.69. The Morgan fingerprint density at radius 1 is 1.36 bits per heavy atom. The van der Waals surface area contributed by atoms with E-state index in [0.717, 1.165) is 0 Å². The maximum absolute atomic E-state index is 9.97. The normalized spacial score (nSPS) is 7.09. The highest BCUT2D eigenvalue weighted by atomic mass is 16.7.